The van der Waals surface area contributed by atoms with E-state index in [4.69, 9.17) is 28.3 Å². The number of hydrogen-bond donors (Lipinski definition) is 2. The Bertz CT molecular complexity index is 565. The van der Waals surface area contributed by atoms with Gasteiger partial charge < -0.3 is 10.4 Å². The number of nitrogens with one attached hydrogen (secondary N) is 1. The van der Waals surface area contributed by atoms with E-state index in [2.05, 4.69) is 5.32 Å². The van der Waals surface area contributed by atoms with Crippen molar-refractivity contribution in [3.8, 4) is 0 Å². The minimum atomic E-state index is -0.804. The first-order chi connectivity index (χ1) is 9.38. The summed E-state index contributed by atoms with van der Waals surface area (Å²) in [6, 6.07) is 3.03. The van der Waals surface area contributed by atoms with Gasteiger partial charge in [-0.05, 0) is 54.0 Å². The molecule has 1 amide bonds. The number of carbonyl (C=O) groups is 2. The Morgan fingerprint density at radius 2 is 2.00 bits per heavy atom. The van der Waals surface area contributed by atoms with E-state index in [0.717, 1.165) is 0 Å². The van der Waals surface area contributed by atoms with Gasteiger partial charge in [-0.1, -0.05) is 23.2 Å². The molecule has 7 heteroatoms. The van der Waals surface area contributed by atoms with Crippen molar-refractivity contribution in [2.75, 3.05) is 0 Å². The van der Waals surface area contributed by atoms with Crippen LogP contribution in [0.15, 0.2) is 12.1 Å². The number of carboxylic acids is 1. The van der Waals surface area contributed by atoms with Gasteiger partial charge >= 0.3 is 5.97 Å². The van der Waals surface area contributed by atoms with Crippen LogP contribution >= 0.6 is 45.8 Å². The molecule has 2 N–H and O–H groups in total. The number of amides is 1. The molecular weight excluding hydrogens is 416 g/mol. The van der Waals surface area contributed by atoms with Crippen LogP contribution in [0.2, 0.25) is 10.0 Å². The number of halogens is 3. The van der Waals surface area contributed by atoms with Crippen LogP contribution in [0, 0.1) is 9.49 Å². The van der Waals surface area contributed by atoms with E-state index < -0.39 is 5.97 Å². The van der Waals surface area contributed by atoms with E-state index in [-0.39, 0.29) is 17.9 Å². The third-order valence-electron chi connectivity index (χ3n) is 3.35. The summed E-state index contributed by atoms with van der Waals surface area (Å²) in [5.74, 6) is -1.45. The van der Waals surface area contributed by atoms with Crippen molar-refractivity contribution < 1.29 is 14.7 Å². The molecule has 1 fully saturated rings. The minimum Gasteiger partial charge on any atom is -0.481 e. The summed E-state index contributed by atoms with van der Waals surface area (Å²) in [5, 5.41) is 12.6. The van der Waals surface area contributed by atoms with E-state index >= 15 is 0 Å². The predicted octanol–water partition coefficient (Wildman–Crippen LogP) is 3.58. The van der Waals surface area contributed by atoms with E-state index in [0.29, 0.717) is 38.4 Å². The first-order valence-electron chi connectivity index (χ1n) is 6.06. The number of carboxylic acid groups (broad SMARTS) is 1. The van der Waals surface area contributed by atoms with Crippen molar-refractivity contribution in [3.05, 3.63) is 31.3 Å². The molecule has 20 heavy (non-hydrogen) atoms. The second kappa shape index (κ2) is 6.49. The molecule has 0 aromatic heterocycles. The van der Waals surface area contributed by atoms with Gasteiger partial charge in [-0.25, -0.2) is 0 Å². The summed E-state index contributed by atoms with van der Waals surface area (Å²) in [7, 11) is 0. The largest absolute Gasteiger partial charge is 0.481 e. The smallest absolute Gasteiger partial charge is 0.306 e. The first-order valence-corrected chi connectivity index (χ1v) is 7.90. The van der Waals surface area contributed by atoms with Gasteiger partial charge in [0.1, 0.15) is 0 Å². The molecule has 108 valence electrons. The van der Waals surface area contributed by atoms with Crippen LogP contribution in [0.25, 0.3) is 0 Å². The molecule has 0 spiro atoms. The van der Waals surface area contributed by atoms with Gasteiger partial charge in [0.15, 0.2) is 0 Å². The second-order valence-corrected chi connectivity index (χ2v) is 6.69. The molecule has 0 radical (unpaired) electrons. The van der Waals surface area contributed by atoms with Crippen molar-refractivity contribution in [1.82, 2.24) is 5.32 Å². The van der Waals surface area contributed by atoms with Crippen molar-refractivity contribution in [3.63, 3.8) is 0 Å². The van der Waals surface area contributed by atoms with Crippen LogP contribution in [0.5, 0.6) is 0 Å². The predicted molar refractivity (Wildman–Crippen MR) is 85.4 cm³/mol. The van der Waals surface area contributed by atoms with Gasteiger partial charge in [0.2, 0.25) is 0 Å². The molecular formula is C13H12Cl2INO3. The average molecular weight is 428 g/mol. The maximum absolute atomic E-state index is 12.2. The highest BCUT2D eigenvalue weighted by Gasteiger charge is 2.31. The van der Waals surface area contributed by atoms with Crippen LogP contribution in [-0.2, 0) is 4.79 Å². The average Bonchev–Trinajstić information content (AvgIpc) is 2.82. The first kappa shape index (κ1) is 15.9. The third-order valence-corrected chi connectivity index (χ3v) is 5.35. The van der Waals surface area contributed by atoms with Gasteiger partial charge in [-0.15, -0.1) is 0 Å². The summed E-state index contributed by atoms with van der Waals surface area (Å²) in [6.45, 7) is 0. The van der Waals surface area contributed by atoms with Gasteiger partial charge in [-0.2, -0.15) is 0 Å². The van der Waals surface area contributed by atoms with E-state index in [1.54, 1.807) is 12.1 Å². The van der Waals surface area contributed by atoms with Crippen LogP contribution in [-0.4, -0.2) is 23.0 Å². The molecule has 0 bridgehead atoms. The highest BCUT2D eigenvalue weighted by molar-refractivity contribution is 14.1. The van der Waals surface area contributed by atoms with Crippen molar-refractivity contribution in [2.24, 2.45) is 5.92 Å². The molecule has 0 aliphatic heterocycles. The fraction of sp³-hybridized carbons (Fsp3) is 0.385. The van der Waals surface area contributed by atoms with Crippen LogP contribution in [0.1, 0.15) is 29.6 Å². The Morgan fingerprint density at radius 3 is 2.60 bits per heavy atom. The zero-order chi connectivity index (χ0) is 14.9. The molecule has 0 saturated heterocycles. The lowest BCUT2D eigenvalue weighted by atomic mass is 10.1. The zero-order valence-corrected chi connectivity index (χ0v) is 14.0. The second-order valence-electron chi connectivity index (χ2n) is 4.77. The Morgan fingerprint density at radius 1 is 1.30 bits per heavy atom. The molecule has 1 aromatic carbocycles. The summed E-state index contributed by atoms with van der Waals surface area (Å²) < 4.78 is 0.638. The van der Waals surface area contributed by atoms with Crippen molar-refractivity contribution in [2.45, 2.75) is 25.3 Å². The lowest BCUT2D eigenvalue weighted by Crippen LogP contribution is -2.33. The number of hydrogen-bond acceptors (Lipinski definition) is 2. The molecule has 1 aromatic rings. The monoisotopic (exact) mass is 427 g/mol. The highest BCUT2D eigenvalue weighted by Crippen LogP contribution is 2.29. The Balaban J connectivity index is 2.08. The molecule has 2 atom stereocenters. The van der Waals surface area contributed by atoms with Crippen molar-refractivity contribution >= 4 is 57.7 Å². The molecule has 0 unspecified atom stereocenters. The van der Waals surface area contributed by atoms with E-state index in [1.807, 2.05) is 22.6 Å². The molecule has 1 aliphatic carbocycles. The van der Waals surface area contributed by atoms with Gasteiger partial charge in [-0.3, -0.25) is 9.59 Å². The Labute approximate surface area is 140 Å². The molecule has 1 saturated carbocycles. The van der Waals surface area contributed by atoms with Gasteiger partial charge in [0.25, 0.3) is 5.91 Å². The Hall–Kier alpha value is -0.530. The topological polar surface area (TPSA) is 66.4 Å². The molecule has 2 rings (SSSR count). The van der Waals surface area contributed by atoms with Crippen LogP contribution in [0.3, 0.4) is 0 Å². The lowest BCUT2D eigenvalue weighted by Gasteiger charge is -2.14. The standard InChI is InChI=1S/C13H12Cl2INO3/c14-7-4-9(11(16)10(15)5-7)12(18)17-8-2-1-6(3-8)13(19)20/h4-6,8H,1-3H2,(H,17,18)(H,19,20)/t6-,8+/m1/s1. The van der Waals surface area contributed by atoms with E-state index in [1.165, 1.54) is 0 Å². The number of benzene rings is 1. The van der Waals surface area contributed by atoms with E-state index in [9.17, 15) is 9.59 Å². The summed E-state index contributed by atoms with van der Waals surface area (Å²) >= 11 is 13.9. The Kier molecular flexibility index (Phi) is 5.14. The van der Waals surface area contributed by atoms with Crippen LogP contribution < -0.4 is 5.32 Å². The summed E-state index contributed by atoms with van der Waals surface area (Å²) in [6.07, 6.45) is 1.73. The lowest BCUT2D eigenvalue weighted by molar-refractivity contribution is -0.141. The van der Waals surface area contributed by atoms with Gasteiger partial charge in [0.05, 0.1) is 16.5 Å². The maximum Gasteiger partial charge on any atom is 0.306 e. The third kappa shape index (κ3) is 3.56. The van der Waals surface area contributed by atoms with Crippen molar-refractivity contribution in [1.29, 1.82) is 0 Å². The maximum atomic E-state index is 12.2. The number of rotatable bonds is 3. The minimum absolute atomic E-state index is 0.114. The fourth-order valence-electron chi connectivity index (χ4n) is 2.32. The molecule has 4 nitrogen and oxygen atoms in total. The normalized spacial score (nSPS) is 21.8. The molecule has 1 aliphatic rings. The zero-order valence-electron chi connectivity index (χ0n) is 10.3. The fourth-order valence-corrected chi connectivity index (χ4v) is 3.37. The van der Waals surface area contributed by atoms with Gasteiger partial charge in [0, 0.05) is 14.6 Å². The number of aliphatic carboxylic acids is 1. The number of carbonyl (C=O) groups excluding carboxylic acids is 1. The summed E-state index contributed by atoms with van der Waals surface area (Å²) in [5.41, 5.74) is 0.418. The molecule has 0 heterocycles. The quantitative estimate of drug-likeness (QED) is 0.572. The van der Waals surface area contributed by atoms with Crippen LogP contribution in [0.4, 0.5) is 0 Å². The highest BCUT2D eigenvalue weighted by atomic mass is 127. The SMILES string of the molecule is O=C(N[C@H]1CC[C@@H](C(=O)O)C1)c1cc(Cl)cc(Cl)c1I. The summed E-state index contributed by atoms with van der Waals surface area (Å²) in [4.78, 5) is 23.1.